The highest BCUT2D eigenvalue weighted by atomic mass is 16.5. The SMILES string of the molecule is COc1cccc(OC)c1CN1CCC[C@@H](CC(=O)N2CCc3[nH]nc(-c4ccncc4)c3C2)C1. The number of pyridine rings is 1. The summed E-state index contributed by atoms with van der Waals surface area (Å²) < 4.78 is 11.2. The van der Waals surface area contributed by atoms with Crippen molar-refractivity contribution < 1.29 is 14.3 Å². The van der Waals surface area contributed by atoms with Crippen LogP contribution >= 0.6 is 0 Å². The van der Waals surface area contributed by atoms with Crippen molar-refractivity contribution in [3.63, 3.8) is 0 Å². The van der Waals surface area contributed by atoms with E-state index in [2.05, 4.69) is 20.1 Å². The Bertz CT molecular complexity index is 1140. The average Bonchev–Trinajstić information content (AvgIpc) is 3.33. The third-order valence-corrected chi connectivity index (χ3v) is 7.22. The van der Waals surface area contributed by atoms with Crippen LogP contribution in [0.25, 0.3) is 11.3 Å². The van der Waals surface area contributed by atoms with Gasteiger partial charge in [0.1, 0.15) is 11.5 Å². The first-order valence-electron chi connectivity index (χ1n) is 12.3. The van der Waals surface area contributed by atoms with Gasteiger partial charge in [-0.25, -0.2) is 0 Å². The van der Waals surface area contributed by atoms with Crippen LogP contribution in [0, 0.1) is 5.92 Å². The van der Waals surface area contributed by atoms with E-state index in [4.69, 9.17) is 9.47 Å². The monoisotopic (exact) mass is 475 g/mol. The van der Waals surface area contributed by atoms with E-state index < -0.39 is 0 Å². The van der Waals surface area contributed by atoms with E-state index in [0.29, 0.717) is 18.9 Å². The number of rotatable bonds is 7. The van der Waals surface area contributed by atoms with E-state index in [0.717, 1.165) is 85.0 Å². The van der Waals surface area contributed by atoms with Gasteiger partial charge in [0.25, 0.3) is 0 Å². The molecule has 0 unspecified atom stereocenters. The highest BCUT2D eigenvalue weighted by molar-refractivity contribution is 5.77. The number of likely N-dealkylation sites (tertiary alicyclic amines) is 1. The molecule has 0 radical (unpaired) electrons. The predicted octanol–water partition coefficient (Wildman–Crippen LogP) is 3.68. The summed E-state index contributed by atoms with van der Waals surface area (Å²) in [6, 6.07) is 9.82. The summed E-state index contributed by atoms with van der Waals surface area (Å²) in [6.07, 6.45) is 7.11. The highest BCUT2D eigenvalue weighted by Gasteiger charge is 2.29. The number of methoxy groups -OCH3 is 2. The number of H-pyrrole nitrogens is 1. The van der Waals surface area contributed by atoms with Crippen molar-refractivity contribution in [2.75, 3.05) is 33.9 Å². The van der Waals surface area contributed by atoms with Gasteiger partial charge in [0.15, 0.2) is 0 Å². The number of carbonyl (C=O) groups is 1. The first-order valence-corrected chi connectivity index (χ1v) is 12.3. The van der Waals surface area contributed by atoms with Crippen molar-refractivity contribution in [2.45, 2.75) is 38.8 Å². The Morgan fingerprint density at radius 1 is 1.11 bits per heavy atom. The fraction of sp³-hybridized carbons (Fsp3) is 0.444. The molecule has 0 spiro atoms. The third kappa shape index (κ3) is 5.03. The molecule has 1 fully saturated rings. The number of piperidine rings is 1. The van der Waals surface area contributed by atoms with Gasteiger partial charge >= 0.3 is 0 Å². The minimum atomic E-state index is 0.235. The lowest BCUT2D eigenvalue weighted by molar-refractivity contribution is -0.133. The van der Waals surface area contributed by atoms with Crippen molar-refractivity contribution in [3.05, 3.63) is 59.5 Å². The van der Waals surface area contributed by atoms with E-state index in [1.807, 2.05) is 35.2 Å². The lowest BCUT2D eigenvalue weighted by Gasteiger charge is -2.35. The van der Waals surface area contributed by atoms with Crippen LogP contribution < -0.4 is 9.47 Å². The van der Waals surface area contributed by atoms with Gasteiger partial charge in [0.2, 0.25) is 5.91 Å². The van der Waals surface area contributed by atoms with Crippen molar-refractivity contribution in [3.8, 4) is 22.8 Å². The maximum Gasteiger partial charge on any atom is 0.223 e. The number of fused-ring (bicyclic) bond motifs is 1. The van der Waals surface area contributed by atoms with Crippen LogP contribution in [0.5, 0.6) is 11.5 Å². The lowest BCUT2D eigenvalue weighted by atomic mass is 9.93. The number of nitrogens with one attached hydrogen (secondary N) is 1. The molecule has 184 valence electrons. The molecule has 2 aromatic heterocycles. The van der Waals surface area contributed by atoms with E-state index in [1.54, 1.807) is 26.6 Å². The molecule has 1 atom stereocenters. The van der Waals surface area contributed by atoms with E-state index in [1.165, 1.54) is 0 Å². The summed E-state index contributed by atoms with van der Waals surface area (Å²) in [5.74, 6) is 2.27. The first-order chi connectivity index (χ1) is 17.2. The molecule has 1 aromatic carbocycles. The van der Waals surface area contributed by atoms with Gasteiger partial charge in [-0.05, 0) is 49.6 Å². The Balaban J connectivity index is 1.23. The zero-order valence-electron chi connectivity index (χ0n) is 20.5. The molecule has 0 aliphatic carbocycles. The van der Waals surface area contributed by atoms with E-state index in [-0.39, 0.29) is 5.91 Å². The summed E-state index contributed by atoms with van der Waals surface area (Å²) in [4.78, 5) is 21.9. The van der Waals surface area contributed by atoms with Crippen LogP contribution in [-0.4, -0.2) is 64.7 Å². The predicted molar refractivity (Wildman–Crippen MR) is 133 cm³/mol. The molecular formula is C27H33N5O3. The largest absolute Gasteiger partial charge is 0.496 e. The summed E-state index contributed by atoms with van der Waals surface area (Å²) in [7, 11) is 3.39. The molecule has 2 aliphatic heterocycles. The van der Waals surface area contributed by atoms with Crippen LogP contribution in [0.15, 0.2) is 42.7 Å². The second kappa shape index (κ2) is 10.5. The standard InChI is InChI=1S/C27H33N5O3/c1-34-24-6-3-7-25(35-2)22(24)17-31-13-4-5-19(16-31)15-26(33)32-14-10-23-21(18-32)27(30-29-23)20-8-11-28-12-9-20/h3,6-9,11-12,19H,4-5,10,13-18H2,1-2H3,(H,29,30)/t19-/m0/s1. The van der Waals surface area contributed by atoms with Crippen LogP contribution in [-0.2, 0) is 24.3 Å². The van der Waals surface area contributed by atoms with Gasteiger partial charge in [-0.3, -0.25) is 19.8 Å². The number of nitrogens with zero attached hydrogens (tertiary/aromatic N) is 4. The summed E-state index contributed by atoms with van der Waals surface area (Å²) >= 11 is 0. The zero-order valence-corrected chi connectivity index (χ0v) is 20.5. The minimum absolute atomic E-state index is 0.235. The van der Waals surface area contributed by atoms with Gasteiger partial charge in [-0.1, -0.05) is 6.07 Å². The average molecular weight is 476 g/mol. The van der Waals surface area contributed by atoms with Crippen molar-refractivity contribution in [2.24, 2.45) is 5.92 Å². The number of carbonyl (C=O) groups excluding carboxylic acids is 1. The van der Waals surface area contributed by atoms with Crippen molar-refractivity contribution in [1.29, 1.82) is 0 Å². The molecule has 8 nitrogen and oxygen atoms in total. The number of aromatic amines is 1. The van der Waals surface area contributed by atoms with Gasteiger partial charge in [0.05, 0.1) is 25.5 Å². The number of hydrogen-bond donors (Lipinski definition) is 1. The summed E-state index contributed by atoms with van der Waals surface area (Å²) in [6.45, 7) is 4.02. The zero-order chi connectivity index (χ0) is 24.2. The second-order valence-electron chi connectivity index (χ2n) is 9.42. The Labute approximate surface area is 206 Å². The number of amides is 1. The molecule has 3 aromatic rings. The van der Waals surface area contributed by atoms with Crippen LogP contribution in [0.3, 0.4) is 0 Å². The number of hydrogen-bond acceptors (Lipinski definition) is 6. The third-order valence-electron chi connectivity index (χ3n) is 7.22. The summed E-state index contributed by atoms with van der Waals surface area (Å²) in [5.41, 5.74) is 5.28. The number of benzene rings is 1. The smallest absolute Gasteiger partial charge is 0.223 e. The van der Waals surface area contributed by atoms with Gasteiger partial charge in [-0.2, -0.15) is 5.10 Å². The Hall–Kier alpha value is -3.39. The quantitative estimate of drug-likeness (QED) is 0.561. The minimum Gasteiger partial charge on any atom is -0.496 e. The molecule has 5 rings (SSSR count). The van der Waals surface area contributed by atoms with Gasteiger partial charge in [-0.15, -0.1) is 0 Å². The van der Waals surface area contributed by atoms with E-state index in [9.17, 15) is 4.79 Å². The first kappa shape index (κ1) is 23.4. The Morgan fingerprint density at radius 3 is 2.63 bits per heavy atom. The fourth-order valence-electron chi connectivity index (χ4n) is 5.40. The molecule has 1 N–H and O–H groups in total. The Morgan fingerprint density at radius 2 is 1.89 bits per heavy atom. The molecule has 8 heteroatoms. The molecular weight excluding hydrogens is 442 g/mol. The molecule has 1 saturated heterocycles. The summed E-state index contributed by atoms with van der Waals surface area (Å²) in [5, 5.41) is 7.72. The lowest BCUT2D eigenvalue weighted by Crippen LogP contribution is -2.40. The normalized spacial score (nSPS) is 18.2. The molecule has 35 heavy (non-hydrogen) atoms. The topological polar surface area (TPSA) is 83.6 Å². The highest BCUT2D eigenvalue weighted by Crippen LogP contribution is 2.32. The maximum atomic E-state index is 13.3. The van der Waals surface area contributed by atoms with E-state index >= 15 is 0 Å². The van der Waals surface area contributed by atoms with Crippen LogP contribution in [0.4, 0.5) is 0 Å². The molecule has 4 heterocycles. The second-order valence-corrected chi connectivity index (χ2v) is 9.42. The molecule has 0 saturated carbocycles. The Kier molecular flexibility index (Phi) is 6.99. The van der Waals surface area contributed by atoms with Crippen molar-refractivity contribution >= 4 is 5.91 Å². The van der Waals surface area contributed by atoms with Crippen molar-refractivity contribution in [1.82, 2.24) is 25.0 Å². The number of ether oxygens (including phenoxy) is 2. The fourth-order valence-corrected chi connectivity index (χ4v) is 5.40. The van der Waals surface area contributed by atoms with Gasteiger partial charge in [0, 0.05) is 68.2 Å². The van der Waals surface area contributed by atoms with Gasteiger partial charge < -0.3 is 14.4 Å². The number of aromatic nitrogens is 3. The van der Waals surface area contributed by atoms with Crippen LogP contribution in [0.2, 0.25) is 0 Å². The molecule has 2 aliphatic rings. The molecule has 0 bridgehead atoms. The molecule has 1 amide bonds. The maximum absolute atomic E-state index is 13.3. The van der Waals surface area contributed by atoms with Crippen LogP contribution in [0.1, 0.15) is 36.1 Å².